The predicted octanol–water partition coefficient (Wildman–Crippen LogP) is 0.847. The maximum Gasteiger partial charge on any atom is 0.339 e. The molecule has 0 aliphatic rings. The lowest BCUT2D eigenvalue weighted by molar-refractivity contribution is 0.0693. The number of ether oxygens (including phenoxy) is 1. The Morgan fingerprint density at radius 2 is 2.29 bits per heavy atom. The average molecular weight is 192 g/mol. The molecule has 0 saturated carbocycles. The molecule has 5 nitrogen and oxygen atoms in total. The molecule has 0 saturated heterocycles. The lowest BCUT2D eigenvalue weighted by Gasteiger charge is -2.06. The first-order chi connectivity index (χ1) is 6.60. The first-order valence-corrected chi connectivity index (χ1v) is 3.71. The van der Waals surface area contributed by atoms with Crippen LogP contribution in [-0.4, -0.2) is 18.2 Å². The van der Waals surface area contributed by atoms with Crippen molar-refractivity contribution in [1.29, 1.82) is 5.26 Å². The summed E-state index contributed by atoms with van der Waals surface area (Å²) >= 11 is 0. The standard InChI is InChI=1S/C9H8N2O3/c1-14-8-3-7(11)5(4-10)2-6(8)9(12)13/h2-3H,11H2,1H3,(H,12,13). The smallest absolute Gasteiger partial charge is 0.339 e. The molecule has 5 heteroatoms. The molecule has 0 spiro atoms. The minimum absolute atomic E-state index is 0.0711. The number of benzene rings is 1. The molecular weight excluding hydrogens is 184 g/mol. The van der Waals surface area contributed by atoms with Crippen LogP contribution in [0.4, 0.5) is 5.69 Å². The van der Waals surface area contributed by atoms with Gasteiger partial charge in [-0.05, 0) is 6.07 Å². The van der Waals surface area contributed by atoms with Gasteiger partial charge in [-0.1, -0.05) is 0 Å². The molecule has 1 rings (SSSR count). The second-order valence-electron chi connectivity index (χ2n) is 2.56. The zero-order chi connectivity index (χ0) is 10.7. The van der Waals surface area contributed by atoms with E-state index in [1.807, 2.05) is 0 Å². The third-order valence-corrected chi connectivity index (χ3v) is 1.72. The number of nitrogen functional groups attached to an aromatic ring is 1. The van der Waals surface area contributed by atoms with Gasteiger partial charge in [-0.15, -0.1) is 0 Å². The van der Waals surface area contributed by atoms with Crippen LogP contribution in [-0.2, 0) is 0 Å². The van der Waals surface area contributed by atoms with E-state index in [4.69, 9.17) is 20.8 Å². The Hall–Kier alpha value is -2.22. The Kier molecular flexibility index (Phi) is 2.58. The lowest BCUT2D eigenvalue weighted by atomic mass is 10.1. The van der Waals surface area contributed by atoms with Crippen molar-refractivity contribution in [2.75, 3.05) is 12.8 Å². The average Bonchev–Trinajstić information content (AvgIpc) is 2.16. The largest absolute Gasteiger partial charge is 0.496 e. The van der Waals surface area contributed by atoms with E-state index in [1.54, 1.807) is 6.07 Å². The molecule has 0 fully saturated rings. The van der Waals surface area contributed by atoms with Crippen molar-refractivity contribution >= 4 is 11.7 Å². The fraction of sp³-hybridized carbons (Fsp3) is 0.111. The Balaban J connectivity index is 3.42. The SMILES string of the molecule is COc1cc(N)c(C#N)cc1C(=O)O. The van der Waals surface area contributed by atoms with Gasteiger partial charge >= 0.3 is 5.97 Å². The highest BCUT2D eigenvalue weighted by atomic mass is 16.5. The summed E-state index contributed by atoms with van der Waals surface area (Å²) in [5, 5.41) is 17.4. The topological polar surface area (TPSA) is 96.3 Å². The van der Waals surface area contributed by atoms with E-state index in [9.17, 15) is 4.79 Å². The molecule has 3 N–H and O–H groups in total. The van der Waals surface area contributed by atoms with Gasteiger partial charge < -0.3 is 15.6 Å². The number of rotatable bonds is 2. The van der Waals surface area contributed by atoms with Gasteiger partial charge in [-0.25, -0.2) is 4.79 Å². The highest BCUT2D eigenvalue weighted by Gasteiger charge is 2.13. The fourth-order valence-corrected chi connectivity index (χ4v) is 1.03. The van der Waals surface area contributed by atoms with Crippen LogP contribution in [0.3, 0.4) is 0 Å². The monoisotopic (exact) mass is 192 g/mol. The summed E-state index contributed by atoms with van der Waals surface area (Å²) in [7, 11) is 1.34. The number of aromatic carboxylic acids is 1. The molecule has 0 aromatic heterocycles. The third kappa shape index (κ3) is 1.59. The van der Waals surface area contributed by atoms with Crippen molar-refractivity contribution in [3.8, 4) is 11.8 Å². The molecule has 0 heterocycles. The number of anilines is 1. The first kappa shape index (κ1) is 9.86. The summed E-state index contributed by atoms with van der Waals surface area (Å²) in [6.07, 6.45) is 0. The quantitative estimate of drug-likeness (QED) is 0.677. The number of nitrogens with two attached hydrogens (primary N) is 1. The molecular formula is C9H8N2O3. The number of nitriles is 1. The summed E-state index contributed by atoms with van der Waals surface area (Å²) in [5.74, 6) is -1.01. The Morgan fingerprint density at radius 1 is 1.64 bits per heavy atom. The lowest BCUT2D eigenvalue weighted by Crippen LogP contribution is -2.03. The summed E-state index contributed by atoms with van der Waals surface area (Å²) < 4.78 is 4.82. The molecule has 0 unspecified atom stereocenters. The van der Waals surface area contributed by atoms with E-state index in [2.05, 4.69) is 0 Å². The van der Waals surface area contributed by atoms with E-state index >= 15 is 0 Å². The zero-order valence-corrected chi connectivity index (χ0v) is 7.44. The number of carbonyl (C=O) groups is 1. The predicted molar refractivity (Wildman–Crippen MR) is 49.1 cm³/mol. The molecule has 1 aromatic rings. The second-order valence-corrected chi connectivity index (χ2v) is 2.56. The molecule has 14 heavy (non-hydrogen) atoms. The van der Waals surface area contributed by atoms with E-state index in [1.165, 1.54) is 19.2 Å². The zero-order valence-electron chi connectivity index (χ0n) is 7.44. The molecule has 0 amide bonds. The molecule has 0 atom stereocenters. The minimum atomic E-state index is -1.15. The summed E-state index contributed by atoms with van der Waals surface area (Å²) in [5.41, 5.74) is 5.74. The molecule has 0 aliphatic carbocycles. The van der Waals surface area contributed by atoms with E-state index in [0.29, 0.717) is 0 Å². The number of carboxylic acid groups (broad SMARTS) is 1. The fourth-order valence-electron chi connectivity index (χ4n) is 1.03. The van der Waals surface area contributed by atoms with Crippen LogP contribution in [0, 0.1) is 11.3 Å². The van der Waals surface area contributed by atoms with Gasteiger partial charge in [-0.3, -0.25) is 0 Å². The van der Waals surface area contributed by atoms with Crippen molar-refractivity contribution < 1.29 is 14.6 Å². The maximum atomic E-state index is 10.7. The van der Waals surface area contributed by atoms with Crippen molar-refractivity contribution in [3.63, 3.8) is 0 Å². The summed E-state index contributed by atoms with van der Waals surface area (Å²) in [4.78, 5) is 10.7. The number of methoxy groups -OCH3 is 1. The normalized spacial score (nSPS) is 9.14. The Labute approximate surface area is 80.3 Å². The number of hydrogen-bond donors (Lipinski definition) is 2. The molecule has 72 valence electrons. The highest BCUT2D eigenvalue weighted by molar-refractivity contribution is 5.92. The van der Waals surface area contributed by atoms with Gasteiger partial charge in [-0.2, -0.15) is 5.26 Å². The van der Waals surface area contributed by atoms with Crippen LogP contribution in [0.2, 0.25) is 0 Å². The van der Waals surface area contributed by atoms with Crippen LogP contribution < -0.4 is 10.5 Å². The van der Waals surface area contributed by atoms with E-state index in [0.717, 1.165) is 0 Å². The second kappa shape index (κ2) is 3.66. The maximum absolute atomic E-state index is 10.7. The number of carboxylic acids is 1. The van der Waals surface area contributed by atoms with Crippen LogP contribution in [0.25, 0.3) is 0 Å². The van der Waals surface area contributed by atoms with Gasteiger partial charge in [0.15, 0.2) is 0 Å². The van der Waals surface area contributed by atoms with Crippen LogP contribution >= 0.6 is 0 Å². The molecule has 1 aromatic carbocycles. The van der Waals surface area contributed by atoms with Crippen LogP contribution in [0.5, 0.6) is 5.75 Å². The van der Waals surface area contributed by atoms with Gasteiger partial charge in [0.25, 0.3) is 0 Å². The van der Waals surface area contributed by atoms with Gasteiger partial charge in [0.05, 0.1) is 18.4 Å². The number of nitrogens with zero attached hydrogens (tertiary/aromatic N) is 1. The van der Waals surface area contributed by atoms with E-state index in [-0.39, 0.29) is 22.6 Å². The highest BCUT2D eigenvalue weighted by Crippen LogP contribution is 2.24. The van der Waals surface area contributed by atoms with E-state index < -0.39 is 5.97 Å². The van der Waals surface area contributed by atoms with Crippen molar-refractivity contribution in [3.05, 3.63) is 23.3 Å². The third-order valence-electron chi connectivity index (χ3n) is 1.72. The van der Waals surface area contributed by atoms with Crippen LogP contribution in [0.15, 0.2) is 12.1 Å². The first-order valence-electron chi connectivity index (χ1n) is 3.71. The van der Waals surface area contributed by atoms with Crippen molar-refractivity contribution in [2.24, 2.45) is 0 Å². The van der Waals surface area contributed by atoms with Gasteiger partial charge in [0.2, 0.25) is 0 Å². The Bertz CT molecular complexity index is 421. The number of hydrogen-bond acceptors (Lipinski definition) is 4. The van der Waals surface area contributed by atoms with Crippen LogP contribution in [0.1, 0.15) is 15.9 Å². The van der Waals surface area contributed by atoms with Crippen molar-refractivity contribution in [2.45, 2.75) is 0 Å². The molecule has 0 radical (unpaired) electrons. The van der Waals surface area contributed by atoms with Crippen molar-refractivity contribution in [1.82, 2.24) is 0 Å². The molecule has 0 bridgehead atoms. The van der Waals surface area contributed by atoms with Gasteiger partial charge in [0, 0.05) is 6.07 Å². The van der Waals surface area contributed by atoms with Gasteiger partial charge in [0.1, 0.15) is 17.4 Å². The minimum Gasteiger partial charge on any atom is -0.496 e. The summed E-state index contributed by atoms with van der Waals surface area (Å²) in [6.45, 7) is 0. The summed E-state index contributed by atoms with van der Waals surface area (Å²) in [6, 6.07) is 4.31. The Morgan fingerprint density at radius 3 is 2.71 bits per heavy atom. The molecule has 0 aliphatic heterocycles.